The van der Waals surface area contributed by atoms with Gasteiger partial charge in [0.05, 0.1) is 0 Å². The lowest BCUT2D eigenvalue weighted by Gasteiger charge is -2.09. The summed E-state index contributed by atoms with van der Waals surface area (Å²) in [5, 5.41) is 0. The van der Waals surface area contributed by atoms with Crippen LogP contribution in [-0.4, -0.2) is 4.89 Å². The molecule has 0 saturated heterocycles. The van der Waals surface area contributed by atoms with Crippen LogP contribution >= 0.6 is 19.0 Å². The van der Waals surface area contributed by atoms with E-state index in [0.717, 1.165) is 5.56 Å². The van der Waals surface area contributed by atoms with E-state index in [1.165, 1.54) is 0 Å². The highest BCUT2D eigenvalue weighted by molar-refractivity contribution is 8.44. The van der Waals surface area contributed by atoms with E-state index in [2.05, 4.69) is 12.2 Å². The van der Waals surface area contributed by atoms with Gasteiger partial charge in [0.1, 0.15) is 5.75 Å². The lowest BCUT2D eigenvalue weighted by Crippen LogP contribution is -1.87. The maximum atomic E-state index is 10.7. The molecular formula is C7H9O3PS. The molecule has 3 nitrogen and oxygen atoms in total. The molecule has 0 aliphatic carbocycles. The zero-order valence-electron chi connectivity index (χ0n) is 6.47. The zero-order valence-corrected chi connectivity index (χ0v) is 8.26. The van der Waals surface area contributed by atoms with Gasteiger partial charge in [0.15, 0.2) is 0 Å². The molecule has 0 aliphatic rings. The molecule has 1 unspecified atom stereocenters. The third-order valence-electron chi connectivity index (χ3n) is 1.31. The number of benzene rings is 1. The van der Waals surface area contributed by atoms with Gasteiger partial charge in [0, 0.05) is 0 Å². The van der Waals surface area contributed by atoms with Crippen molar-refractivity contribution in [3.8, 4) is 5.75 Å². The Bertz CT molecular complexity index is 320. The van der Waals surface area contributed by atoms with Crippen LogP contribution in [0.3, 0.4) is 0 Å². The summed E-state index contributed by atoms with van der Waals surface area (Å²) in [4.78, 5) is 8.79. The normalized spacial score (nSPS) is 15.2. The molecule has 0 aromatic heterocycles. The summed E-state index contributed by atoms with van der Waals surface area (Å²) in [5.41, 5.74) is 0.806. The highest BCUT2D eigenvalue weighted by atomic mass is 32.7. The molecule has 0 bridgehead atoms. The van der Waals surface area contributed by atoms with E-state index >= 15 is 0 Å². The SMILES string of the molecule is Cc1ccccc1OP(=O)(O)S. The number of aryl methyl sites for hydroxylation is 1. The van der Waals surface area contributed by atoms with Crippen LogP contribution in [0.2, 0.25) is 0 Å². The van der Waals surface area contributed by atoms with Crippen molar-refractivity contribution in [1.29, 1.82) is 0 Å². The molecular weight excluding hydrogens is 195 g/mol. The van der Waals surface area contributed by atoms with E-state index in [-0.39, 0.29) is 0 Å². The van der Waals surface area contributed by atoms with E-state index in [1.54, 1.807) is 25.1 Å². The lowest BCUT2D eigenvalue weighted by atomic mass is 10.2. The molecule has 0 fully saturated rings. The highest BCUT2D eigenvalue weighted by Crippen LogP contribution is 2.47. The van der Waals surface area contributed by atoms with Gasteiger partial charge in [0.2, 0.25) is 0 Å². The summed E-state index contributed by atoms with van der Waals surface area (Å²) in [6.45, 7) is -1.93. The first-order valence-electron chi connectivity index (χ1n) is 3.30. The number of hydrogen-bond acceptors (Lipinski definition) is 2. The smallest absolute Gasteiger partial charge is 0.417 e. The van der Waals surface area contributed by atoms with Crippen LogP contribution < -0.4 is 4.52 Å². The van der Waals surface area contributed by atoms with Crippen LogP contribution in [0.25, 0.3) is 0 Å². The van der Waals surface area contributed by atoms with Crippen molar-refractivity contribution < 1.29 is 14.0 Å². The van der Waals surface area contributed by atoms with Crippen molar-refractivity contribution in [3.05, 3.63) is 29.8 Å². The number of hydrogen-bond donors (Lipinski definition) is 2. The molecule has 0 amide bonds. The van der Waals surface area contributed by atoms with Crippen LogP contribution in [-0.2, 0) is 4.57 Å². The zero-order chi connectivity index (χ0) is 9.19. The van der Waals surface area contributed by atoms with Gasteiger partial charge in [-0.15, -0.1) is 0 Å². The third-order valence-corrected chi connectivity index (χ3v) is 1.99. The van der Waals surface area contributed by atoms with Gasteiger partial charge in [-0.2, -0.15) is 0 Å². The average molecular weight is 204 g/mol. The molecule has 12 heavy (non-hydrogen) atoms. The first-order chi connectivity index (χ1) is 5.49. The Balaban J connectivity index is 2.90. The number of thiol groups is 1. The van der Waals surface area contributed by atoms with Gasteiger partial charge in [0.25, 0.3) is 0 Å². The summed E-state index contributed by atoms with van der Waals surface area (Å²) < 4.78 is 15.4. The van der Waals surface area contributed by atoms with E-state index in [0.29, 0.717) is 5.75 Å². The minimum Gasteiger partial charge on any atom is -0.417 e. The second-order valence-corrected chi connectivity index (χ2v) is 5.03. The van der Waals surface area contributed by atoms with Crippen molar-refractivity contribution >= 4 is 19.0 Å². The number of para-hydroxylation sites is 1. The van der Waals surface area contributed by atoms with Crippen molar-refractivity contribution in [2.45, 2.75) is 6.92 Å². The summed E-state index contributed by atoms with van der Waals surface area (Å²) in [6.07, 6.45) is 0. The Morgan fingerprint density at radius 2 is 2.08 bits per heavy atom. The predicted molar refractivity (Wildman–Crippen MR) is 50.6 cm³/mol. The van der Waals surface area contributed by atoms with Crippen LogP contribution in [0.1, 0.15) is 5.56 Å². The predicted octanol–water partition coefficient (Wildman–Crippen LogP) is 2.40. The molecule has 5 heteroatoms. The van der Waals surface area contributed by atoms with E-state index in [4.69, 9.17) is 9.42 Å². The van der Waals surface area contributed by atoms with Crippen LogP contribution in [0, 0.1) is 6.92 Å². The van der Waals surface area contributed by atoms with Crippen molar-refractivity contribution in [3.63, 3.8) is 0 Å². The van der Waals surface area contributed by atoms with Gasteiger partial charge in [-0.05, 0) is 30.8 Å². The van der Waals surface area contributed by atoms with Crippen molar-refractivity contribution in [2.75, 3.05) is 0 Å². The Kier molecular flexibility index (Phi) is 2.83. The Morgan fingerprint density at radius 1 is 1.50 bits per heavy atom. The molecule has 0 heterocycles. The molecule has 66 valence electrons. The monoisotopic (exact) mass is 204 g/mol. The second kappa shape index (κ2) is 3.52. The maximum Gasteiger partial charge on any atom is 0.434 e. The third kappa shape index (κ3) is 2.89. The van der Waals surface area contributed by atoms with Gasteiger partial charge >= 0.3 is 6.80 Å². The summed E-state index contributed by atoms with van der Waals surface area (Å²) in [7, 11) is 0. The number of rotatable bonds is 2. The fourth-order valence-electron chi connectivity index (χ4n) is 0.787. The summed E-state index contributed by atoms with van der Waals surface area (Å²) in [5.74, 6) is 0.387. The van der Waals surface area contributed by atoms with Gasteiger partial charge in [-0.25, -0.2) is 4.57 Å². The highest BCUT2D eigenvalue weighted by Gasteiger charge is 2.14. The van der Waals surface area contributed by atoms with Crippen molar-refractivity contribution in [1.82, 2.24) is 0 Å². The lowest BCUT2D eigenvalue weighted by molar-refractivity contribution is 0.402. The summed E-state index contributed by atoms with van der Waals surface area (Å²) in [6, 6.07) is 6.96. The quantitative estimate of drug-likeness (QED) is 0.574. The van der Waals surface area contributed by atoms with Gasteiger partial charge in [-0.1, -0.05) is 18.2 Å². The molecule has 1 atom stereocenters. The second-order valence-electron chi connectivity index (χ2n) is 2.35. The molecule has 1 aromatic carbocycles. The Morgan fingerprint density at radius 3 is 2.58 bits per heavy atom. The standard InChI is InChI=1S/C7H9O3PS/c1-6-4-2-3-5-7(6)10-11(8,9)12/h2-5H,1H3,(H2,8,9,12). The molecule has 0 radical (unpaired) electrons. The van der Waals surface area contributed by atoms with Crippen LogP contribution in [0.5, 0.6) is 5.75 Å². The minimum absolute atomic E-state index is 0.387. The fourth-order valence-corrected chi connectivity index (χ4v) is 1.51. The van der Waals surface area contributed by atoms with E-state index in [1.807, 2.05) is 6.07 Å². The molecule has 1 rings (SSSR count). The Hall–Kier alpha value is -0.440. The average Bonchev–Trinajstić information content (AvgIpc) is 1.91. The molecule has 0 aliphatic heterocycles. The first-order valence-corrected chi connectivity index (χ1v) is 6.03. The van der Waals surface area contributed by atoms with Crippen molar-refractivity contribution in [2.24, 2.45) is 0 Å². The van der Waals surface area contributed by atoms with Gasteiger partial charge < -0.3 is 9.42 Å². The largest absolute Gasteiger partial charge is 0.434 e. The minimum atomic E-state index is -3.72. The van der Waals surface area contributed by atoms with Gasteiger partial charge in [-0.3, -0.25) is 0 Å². The van der Waals surface area contributed by atoms with E-state index < -0.39 is 6.80 Å². The molecule has 0 saturated carbocycles. The summed E-state index contributed by atoms with van der Waals surface area (Å²) >= 11 is 3.40. The molecule has 1 N–H and O–H groups in total. The molecule has 1 aromatic rings. The maximum absolute atomic E-state index is 10.7. The first kappa shape index (κ1) is 9.65. The van der Waals surface area contributed by atoms with E-state index in [9.17, 15) is 4.57 Å². The Labute approximate surface area is 76.1 Å². The van der Waals surface area contributed by atoms with Crippen LogP contribution in [0.15, 0.2) is 24.3 Å². The topological polar surface area (TPSA) is 46.5 Å². The fraction of sp³-hybridized carbons (Fsp3) is 0.143. The molecule has 0 spiro atoms. The van der Waals surface area contributed by atoms with Crippen LogP contribution in [0.4, 0.5) is 0 Å².